The van der Waals surface area contributed by atoms with Gasteiger partial charge in [0.15, 0.2) is 0 Å². The molecule has 0 spiro atoms. The Kier molecular flexibility index (Phi) is 37.1. The number of rotatable bonds is 37. The Morgan fingerprint density at radius 2 is 0.980 bits per heavy atom. The standard InChI is InChI=1S/C44H77NO5/c1-3-5-7-9-11-13-15-16-17-18-19-20-22-24-26-31-35-39-44(49)50-41(36-32-28-25-23-21-14-12-10-8-6-4-2)37-33-29-27-30-34-38-42(46)45-40-43(47)48/h12,14,16-17,23,25,32,36,41H,3-11,13,15,18-22,24,26-31,33-35,37-40H2,1-2H3,(H,45,46)(H,47,48)/b14-12-,17-16-,25-23-,36-32-. The van der Waals surface area contributed by atoms with Gasteiger partial charge in [-0.25, -0.2) is 0 Å². The fourth-order valence-corrected chi connectivity index (χ4v) is 5.85. The average Bonchev–Trinajstić information content (AvgIpc) is 3.10. The van der Waals surface area contributed by atoms with E-state index >= 15 is 0 Å². The van der Waals surface area contributed by atoms with Crippen molar-refractivity contribution in [1.82, 2.24) is 5.32 Å². The van der Waals surface area contributed by atoms with Crippen molar-refractivity contribution in [2.24, 2.45) is 0 Å². The van der Waals surface area contributed by atoms with E-state index in [2.05, 4.69) is 67.8 Å². The number of allylic oxidation sites excluding steroid dienone is 7. The van der Waals surface area contributed by atoms with Crippen LogP contribution in [-0.2, 0) is 19.1 Å². The highest BCUT2D eigenvalue weighted by atomic mass is 16.5. The number of hydrogen-bond donors (Lipinski definition) is 2. The minimum Gasteiger partial charge on any atom is -0.480 e. The second-order valence-electron chi connectivity index (χ2n) is 13.9. The maximum Gasteiger partial charge on any atom is 0.322 e. The highest BCUT2D eigenvalue weighted by Crippen LogP contribution is 2.15. The molecule has 288 valence electrons. The third kappa shape index (κ3) is 38.2. The van der Waals surface area contributed by atoms with Crippen LogP contribution in [0.2, 0.25) is 0 Å². The van der Waals surface area contributed by atoms with Crippen LogP contribution in [-0.4, -0.2) is 35.6 Å². The summed E-state index contributed by atoms with van der Waals surface area (Å²) in [4.78, 5) is 34.9. The third-order valence-electron chi connectivity index (χ3n) is 8.96. The predicted molar refractivity (Wildman–Crippen MR) is 212 cm³/mol. The molecule has 0 bridgehead atoms. The summed E-state index contributed by atoms with van der Waals surface area (Å²) >= 11 is 0. The monoisotopic (exact) mass is 700 g/mol. The number of unbranched alkanes of at least 4 members (excludes halogenated alkanes) is 20. The highest BCUT2D eigenvalue weighted by Gasteiger charge is 2.11. The van der Waals surface area contributed by atoms with Gasteiger partial charge in [-0.2, -0.15) is 0 Å². The molecule has 6 nitrogen and oxygen atoms in total. The molecule has 0 saturated carbocycles. The zero-order chi connectivity index (χ0) is 36.6. The molecule has 0 aromatic rings. The number of ether oxygens (including phenoxy) is 1. The summed E-state index contributed by atoms with van der Waals surface area (Å²) in [7, 11) is 0. The Morgan fingerprint density at radius 1 is 0.540 bits per heavy atom. The number of esters is 1. The van der Waals surface area contributed by atoms with Crippen molar-refractivity contribution >= 4 is 17.8 Å². The van der Waals surface area contributed by atoms with Gasteiger partial charge in [-0.15, -0.1) is 0 Å². The second-order valence-corrected chi connectivity index (χ2v) is 13.9. The van der Waals surface area contributed by atoms with E-state index in [0.717, 1.165) is 70.6 Å². The first-order valence-electron chi connectivity index (χ1n) is 20.8. The van der Waals surface area contributed by atoms with Crippen molar-refractivity contribution in [1.29, 1.82) is 0 Å². The van der Waals surface area contributed by atoms with E-state index in [1.54, 1.807) is 0 Å². The molecular weight excluding hydrogens is 622 g/mol. The van der Waals surface area contributed by atoms with Gasteiger partial charge in [0.05, 0.1) is 0 Å². The first-order chi connectivity index (χ1) is 24.5. The van der Waals surface area contributed by atoms with Crippen LogP contribution >= 0.6 is 0 Å². The molecule has 0 saturated heterocycles. The normalized spacial score (nSPS) is 12.5. The summed E-state index contributed by atoms with van der Waals surface area (Å²) in [5, 5.41) is 11.1. The lowest BCUT2D eigenvalue weighted by atomic mass is 10.1. The molecule has 0 aliphatic carbocycles. The van der Waals surface area contributed by atoms with E-state index in [4.69, 9.17) is 9.84 Å². The molecule has 1 amide bonds. The van der Waals surface area contributed by atoms with Gasteiger partial charge < -0.3 is 15.2 Å². The van der Waals surface area contributed by atoms with Gasteiger partial charge in [0.1, 0.15) is 12.6 Å². The van der Waals surface area contributed by atoms with Crippen LogP contribution in [0.4, 0.5) is 0 Å². The number of carbonyl (C=O) groups is 3. The van der Waals surface area contributed by atoms with Crippen molar-refractivity contribution < 1.29 is 24.2 Å². The average molecular weight is 700 g/mol. The summed E-state index contributed by atoms with van der Waals surface area (Å²) < 4.78 is 5.91. The Hall–Kier alpha value is -2.63. The summed E-state index contributed by atoms with van der Waals surface area (Å²) in [6.07, 6.45) is 49.6. The lowest BCUT2D eigenvalue weighted by molar-refractivity contribution is -0.147. The van der Waals surface area contributed by atoms with Crippen LogP contribution in [0, 0.1) is 0 Å². The van der Waals surface area contributed by atoms with Crippen molar-refractivity contribution in [3.63, 3.8) is 0 Å². The molecule has 0 aliphatic heterocycles. The van der Waals surface area contributed by atoms with Gasteiger partial charge in [0, 0.05) is 12.8 Å². The lowest BCUT2D eigenvalue weighted by Crippen LogP contribution is -2.28. The number of carboxylic acids is 1. The summed E-state index contributed by atoms with van der Waals surface area (Å²) in [5.74, 6) is -1.33. The number of hydrogen-bond acceptors (Lipinski definition) is 4. The summed E-state index contributed by atoms with van der Waals surface area (Å²) in [5.41, 5.74) is 0. The van der Waals surface area contributed by atoms with Crippen LogP contribution in [0.5, 0.6) is 0 Å². The lowest BCUT2D eigenvalue weighted by Gasteiger charge is -2.14. The molecule has 0 radical (unpaired) electrons. The molecule has 50 heavy (non-hydrogen) atoms. The van der Waals surface area contributed by atoms with Gasteiger partial charge in [-0.1, -0.05) is 153 Å². The van der Waals surface area contributed by atoms with Crippen LogP contribution in [0.25, 0.3) is 0 Å². The summed E-state index contributed by atoms with van der Waals surface area (Å²) in [6.45, 7) is 4.17. The number of aliphatic carboxylic acids is 1. The maximum atomic E-state index is 12.7. The molecule has 0 rings (SSSR count). The Bertz CT molecular complexity index is 906. The van der Waals surface area contributed by atoms with E-state index in [1.807, 2.05) is 0 Å². The molecule has 0 aromatic heterocycles. The molecule has 0 heterocycles. The fraction of sp³-hybridized carbons (Fsp3) is 0.750. The molecule has 6 heteroatoms. The number of amides is 1. The van der Waals surface area contributed by atoms with Gasteiger partial charge >= 0.3 is 11.9 Å². The van der Waals surface area contributed by atoms with E-state index in [1.165, 1.54) is 103 Å². The van der Waals surface area contributed by atoms with Gasteiger partial charge in [0.2, 0.25) is 5.91 Å². The molecule has 0 aliphatic rings. The van der Waals surface area contributed by atoms with Crippen LogP contribution < -0.4 is 5.32 Å². The SMILES string of the molecule is CCCCC/C=C\C/C=C\C/C=C\C(CCCCCCCC(=O)NCC(=O)O)OC(=O)CCCCCCCCC/C=C\CCCCCCCC. The molecule has 1 unspecified atom stereocenters. The Labute approximate surface area is 308 Å². The smallest absolute Gasteiger partial charge is 0.322 e. The van der Waals surface area contributed by atoms with Crippen molar-refractivity contribution in [2.45, 2.75) is 206 Å². The maximum absolute atomic E-state index is 12.7. The largest absolute Gasteiger partial charge is 0.480 e. The first-order valence-corrected chi connectivity index (χ1v) is 20.8. The van der Waals surface area contributed by atoms with E-state index in [0.29, 0.717) is 12.8 Å². The minimum absolute atomic E-state index is 0.0940. The predicted octanol–water partition coefficient (Wildman–Crippen LogP) is 12.7. The third-order valence-corrected chi connectivity index (χ3v) is 8.96. The zero-order valence-electron chi connectivity index (χ0n) is 32.5. The molecule has 0 aromatic carbocycles. The number of carbonyl (C=O) groups excluding carboxylic acids is 2. The minimum atomic E-state index is -1.03. The van der Waals surface area contributed by atoms with Gasteiger partial charge in [-0.05, 0) is 83.1 Å². The van der Waals surface area contributed by atoms with Crippen LogP contribution in [0.3, 0.4) is 0 Å². The number of carboxylic acid groups (broad SMARTS) is 1. The van der Waals surface area contributed by atoms with Crippen molar-refractivity contribution in [2.75, 3.05) is 6.54 Å². The Morgan fingerprint density at radius 3 is 1.58 bits per heavy atom. The van der Waals surface area contributed by atoms with E-state index < -0.39 is 5.97 Å². The van der Waals surface area contributed by atoms with E-state index in [9.17, 15) is 14.4 Å². The second kappa shape index (κ2) is 39.2. The highest BCUT2D eigenvalue weighted by molar-refractivity contribution is 5.80. The van der Waals surface area contributed by atoms with Gasteiger partial charge in [-0.3, -0.25) is 14.4 Å². The quantitative estimate of drug-likeness (QED) is 0.0382. The molecular formula is C44H77NO5. The van der Waals surface area contributed by atoms with Gasteiger partial charge in [0.25, 0.3) is 0 Å². The topological polar surface area (TPSA) is 92.7 Å². The first kappa shape index (κ1) is 47.4. The zero-order valence-corrected chi connectivity index (χ0v) is 32.5. The molecule has 0 fully saturated rings. The summed E-state index contributed by atoms with van der Waals surface area (Å²) in [6, 6.07) is 0. The molecule has 2 N–H and O–H groups in total. The number of nitrogens with one attached hydrogen (secondary N) is 1. The fourth-order valence-electron chi connectivity index (χ4n) is 5.85. The van der Waals surface area contributed by atoms with Crippen molar-refractivity contribution in [3.05, 3.63) is 48.6 Å². The van der Waals surface area contributed by atoms with Crippen LogP contribution in [0.1, 0.15) is 200 Å². The van der Waals surface area contributed by atoms with Crippen LogP contribution in [0.15, 0.2) is 48.6 Å². The van der Waals surface area contributed by atoms with Crippen molar-refractivity contribution in [3.8, 4) is 0 Å². The molecule has 1 atom stereocenters. The van der Waals surface area contributed by atoms with E-state index in [-0.39, 0.29) is 24.5 Å². The Balaban J connectivity index is 4.25.